The van der Waals surface area contributed by atoms with Crippen LogP contribution >= 0.6 is 15.9 Å². The fourth-order valence-electron chi connectivity index (χ4n) is 2.25. The molecule has 1 aromatic rings. The summed E-state index contributed by atoms with van der Waals surface area (Å²) in [6.07, 6.45) is 1.69. The first kappa shape index (κ1) is 14.9. The van der Waals surface area contributed by atoms with Crippen LogP contribution in [0.4, 0.5) is 11.4 Å². The normalized spacial score (nSPS) is 18.6. The summed E-state index contributed by atoms with van der Waals surface area (Å²) < 4.78 is 0.415. The maximum Gasteiger partial charge on any atom is 0.285 e. The van der Waals surface area contributed by atoms with Crippen molar-refractivity contribution in [3.63, 3.8) is 0 Å². The molecular weight excluding hydrogens is 326 g/mol. The molecule has 1 unspecified atom stereocenters. The van der Waals surface area contributed by atoms with Crippen LogP contribution in [0, 0.1) is 10.1 Å². The Labute approximate surface area is 125 Å². The maximum absolute atomic E-state index is 12.3. The summed E-state index contributed by atoms with van der Waals surface area (Å²) in [6, 6.07) is 4.58. The third kappa shape index (κ3) is 2.99. The number of nitrogens with zero attached hydrogens (tertiary/aromatic N) is 2. The molecule has 1 heterocycles. The molecule has 108 valence electrons. The third-order valence-electron chi connectivity index (χ3n) is 3.28. The van der Waals surface area contributed by atoms with Crippen LogP contribution in [0.15, 0.2) is 22.7 Å². The van der Waals surface area contributed by atoms with Crippen molar-refractivity contribution < 1.29 is 9.72 Å². The first-order valence-corrected chi connectivity index (χ1v) is 7.32. The van der Waals surface area contributed by atoms with Gasteiger partial charge < -0.3 is 10.2 Å². The lowest BCUT2D eigenvalue weighted by Crippen LogP contribution is -2.38. The lowest BCUT2D eigenvalue weighted by Gasteiger charge is -2.17. The Morgan fingerprint density at radius 3 is 2.95 bits per heavy atom. The van der Waals surface area contributed by atoms with E-state index < -0.39 is 4.92 Å². The molecule has 1 fully saturated rings. The van der Waals surface area contributed by atoms with E-state index in [1.54, 1.807) is 17.0 Å². The van der Waals surface area contributed by atoms with Gasteiger partial charge in [0.2, 0.25) is 5.91 Å². The van der Waals surface area contributed by atoms with Gasteiger partial charge in [-0.2, -0.15) is 0 Å². The lowest BCUT2D eigenvalue weighted by atomic mass is 10.2. The molecule has 2 rings (SSSR count). The zero-order chi connectivity index (χ0) is 14.7. The van der Waals surface area contributed by atoms with Crippen LogP contribution in [0.3, 0.4) is 0 Å². The van der Waals surface area contributed by atoms with Crippen LogP contribution in [0.25, 0.3) is 0 Å². The Balaban J connectivity index is 2.19. The maximum atomic E-state index is 12.3. The number of hydrogen-bond acceptors (Lipinski definition) is 4. The number of amides is 1. The molecule has 0 aromatic heterocycles. The SMILES string of the molecule is CCCNC1CCN(c2ccc(Br)c([N+](=O)[O-])c2)C1=O. The Kier molecular flexibility index (Phi) is 4.72. The smallest absolute Gasteiger partial charge is 0.285 e. The number of nitrogens with one attached hydrogen (secondary N) is 1. The van der Waals surface area contributed by atoms with E-state index in [4.69, 9.17) is 0 Å². The molecule has 0 bridgehead atoms. The molecule has 0 saturated carbocycles. The molecule has 20 heavy (non-hydrogen) atoms. The molecule has 0 radical (unpaired) electrons. The van der Waals surface area contributed by atoms with Crippen LogP contribution in [0.2, 0.25) is 0 Å². The molecule has 1 amide bonds. The van der Waals surface area contributed by atoms with Gasteiger partial charge in [0.25, 0.3) is 5.69 Å². The quantitative estimate of drug-likeness (QED) is 0.659. The summed E-state index contributed by atoms with van der Waals surface area (Å²) in [5, 5.41) is 14.1. The van der Waals surface area contributed by atoms with Crippen molar-refractivity contribution >= 4 is 33.2 Å². The highest BCUT2D eigenvalue weighted by molar-refractivity contribution is 9.10. The van der Waals surface area contributed by atoms with E-state index in [-0.39, 0.29) is 17.6 Å². The molecule has 7 heteroatoms. The number of carbonyl (C=O) groups excluding carboxylic acids is 1. The van der Waals surface area contributed by atoms with Crippen LogP contribution in [0.1, 0.15) is 19.8 Å². The van der Waals surface area contributed by atoms with Gasteiger partial charge >= 0.3 is 0 Å². The fraction of sp³-hybridized carbons (Fsp3) is 0.462. The van der Waals surface area contributed by atoms with E-state index in [9.17, 15) is 14.9 Å². The summed E-state index contributed by atoms with van der Waals surface area (Å²) in [5.41, 5.74) is 0.547. The molecule has 1 atom stereocenters. The summed E-state index contributed by atoms with van der Waals surface area (Å²) in [4.78, 5) is 24.3. The average Bonchev–Trinajstić information content (AvgIpc) is 2.78. The minimum Gasteiger partial charge on any atom is -0.311 e. The molecule has 6 nitrogen and oxygen atoms in total. The largest absolute Gasteiger partial charge is 0.311 e. The van der Waals surface area contributed by atoms with Gasteiger partial charge in [-0.25, -0.2) is 0 Å². The van der Waals surface area contributed by atoms with Crippen molar-refractivity contribution in [2.75, 3.05) is 18.0 Å². The summed E-state index contributed by atoms with van der Waals surface area (Å²) in [5.74, 6) is -0.0185. The van der Waals surface area contributed by atoms with Gasteiger partial charge in [0.15, 0.2) is 0 Å². The van der Waals surface area contributed by atoms with E-state index in [2.05, 4.69) is 21.2 Å². The van der Waals surface area contributed by atoms with Crippen molar-refractivity contribution in [3.8, 4) is 0 Å². The average molecular weight is 342 g/mol. The monoisotopic (exact) mass is 341 g/mol. The summed E-state index contributed by atoms with van der Waals surface area (Å²) >= 11 is 3.14. The molecule has 1 aliphatic rings. The van der Waals surface area contributed by atoms with E-state index >= 15 is 0 Å². The lowest BCUT2D eigenvalue weighted by molar-refractivity contribution is -0.385. The van der Waals surface area contributed by atoms with Crippen molar-refractivity contribution in [3.05, 3.63) is 32.8 Å². The van der Waals surface area contributed by atoms with Crippen LogP contribution in [-0.2, 0) is 4.79 Å². The van der Waals surface area contributed by atoms with Crippen LogP contribution in [0.5, 0.6) is 0 Å². The van der Waals surface area contributed by atoms with E-state index in [0.717, 1.165) is 19.4 Å². The van der Waals surface area contributed by atoms with Gasteiger partial charge in [-0.1, -0.05) is 6.92 Å². The highest BCUT2D eigenvalue weighted by Gasteiger charge is 2.32. The number of carbonyl (C=O) groups is 1. The van der Waals surface area contributed by atoms with Crippen molar-refractivity contribution in [2.45, 2.75) is 25.8 Å². The highest BCUT2D eigenvalue weighted by Crippen LogP contribution is 2.31. The second-order valence-corrected chi connectivity index (χ2v) is 5.53. The second kappa shape index (κ2) is 6.32. The number of anilines is 1. The molecule has 0 spiro atoms. The number of nitro groups is 1. The van der Waals surface area contributed by atoms with Gasteiger partial charge in [-0.15, -0.1) is 0 Å². The Morgan fingerprint density at radius 1 is 1.55 bits per heavy atom. The predicted molar refractivity (Wildman–Crippen MR) is 79.8 cm³/mol. The summed E-state index contributed by atoms with van der Waals surface area (Å²) in [7, 11) is 0. The van der Waals surface area contributed by atoms with Gasteiger partial charge in [0.05, 0.1) is 21.1 Å². The zero-order valence-corrected chi connectivity index (χ0v) is 12.7. The molecule has 0 aliphatic carbocycles. The topological polar surface area (TPSA) is 75.5 Å². The number of hydrogen-bond donors (Lipinski definition) is 1. The van der Waals surface area contributed by atoms with Crippen LogP contribution in [-0.4, -0.2) is 30.0 Å². The van der Waals surface area contributed by atoms with Crippen molar-refractivity contribution in [1.29, 1.82) is 0 Å². The standard InChI is InChI=1S/C13H16BrN3O3/c1-2-6-15-11-5-7-16(13(11)18)9-3-4-10(14)12(8-9)17(19)20/h3-4,8,11,15H,2,5-7H2,1H3. The van der Waals surface area contributed by atoms with Crippen molar-refractivity contribution in [2.24, 2.45) is 0 Å². The Bertz CT molecular complexity index is 536. The Morgan fingerprint density at radius 2 is 2.30 bits per heavy atom. The first-order chi connectivity index (χ1) is 9.54. The highest BCUT2D eigenvalue weighted by atomic mass is 79.9. The van der Waals surface area contributed by atoms with Gasteiger partial charge in [-0.3, -0.25) is 14.9 Å². The molecule has 1 N–H and O–H groups in total. The molecular formula is C13H16BrN3O3. The number of benzene rings is 1. The van der Waals surface area contributed by atoms with Gasteiger partial charge in [0.1, 0.15) is 0 Å². The third-order valence-corrected chi connectivity index (χ3v) is 3.95. The number of nitro benzene ring substituents is 1. The minimum atomic E-state index is -0.457. The van der Waals surface area contributed by atoms with Crippen molar-refractivity contribution in [1.82, 2.24) is 5.32 Å². The Hall–Kier alpha value is -1.47. The molecule has 1 aliphatic heterocycles. The van der Waals surface area contributed by atoms with Crippen LogP contribution < -0.4 is 10.2 Å². The number of rotatable bonds is 5. The van der Waals surface area contributed by atoms with E-state index in [0.29, 0.717) is 16.7 Å². The molecule has 1 aromatic carbocycles. The first-order valence-electron chi connectivity index (χ1n) is 6.53. The predicted octanol–water partition coefficient (Wildman–Crippen LogP) is 2.46. The molecule has 1 saturated heterocycles. The second-order valence-electron chi connectivity index (χ2n) is 4.68. The fourth-order valence-corrected chi connectivity index (χ4v) is 2.64. The van der Waals surface area contributed by atoms with Gasteiger partial charge in [-0.05, 0) is 47.4 Å². The number of halogens is 1. The van der Waals surface area contributed by atoms with E-state index in [1.165, 1.54) is 6.07 Å². The minimum absolute atomic E-state index is 0.0185. The van der Waals surface area contributed by atoms with E-state index in [1.807, 2.05) is 6.92 Å². The summed E-state index contributed by atoms with van der Waals surface area (Å²) in [6.45, 7) is 3.42. The van der Waals surface area contributed by atoms with Gasteiger partial charge in [0, 0.05) is 12.6 Å². The zero-order valence-electron chi connectivity index (χ0n) is 11.1.